The molecule has 0 amide bonds. The van der Waals surface area contributed by atoms with Gasteiger partial charge in [-0.3, -0.25) is 9.78 Å². The Morgan fingerprint density at radius 2 is 2.04 bits per heavy atom. The molecule has 0 atom stereocenters. The topological polar surface area (TPSA) is 67.9 Å². The van der Waals surface area contributed by atoms with Gasteiger partial charge in [-0.25, -0.2) is 4.98 Å². The quantitative estimate of drug-likeness (QED) is 0.606. The maximum Gasteiger partial charge on any atom is 0.269 e. The molecule has 124 valence electrons. The molecule has 0 spiro atoms. The van der Waals surface area contributed by atoms with Crippen LogP contribution < -0.4 is 10.3 Å². The molecule has 0 aliphatic rings. The normalized spacial score (nSPS) is 11.0. The summed E-state index contributed by atoms with van der Waals surface area (Å²) in [7, 11) is 1.65. The average molecular weight is 349 g/mol. The highest BCUT2D eigenvalue weighted by Crippen LogP contribution is 2.34. The zero-order valence-corrected chi connectivity index (χ0v) is 14.6. The maximum atomic E-state index is 12.5. The monoisotopic (exact) mass is 349 g/mol. The Balaban J connectivity index is 1.94. The number of methoxy groups -OCH3 is 1. The molecule has 0 fully saturated rings. The van der Waals surface area contributed by atoms with Crippen molar-refractivity contribution < 1.29 is 4.74 Å². The van der Waals surface area contributed by atoms with Crippen LogP contribution in [0.4, 0.5) is 0 Å². The van der Waals surface area contributed by atoms with E-state index in [1.165, 1.54) is 11.3 Å². The number of hydrogen-bond donors (Lipinski definition) is 1. The van der Waals surface area contributed by atoms with Crippen LogP contribution >= 0.6 is 11.3 Å². The fraction of sp³-hybridized carbons (Fsp3) is 0.105. The highest BCUT2D eigenvalue weighted by Gasteiger charge is 2.15. The van der Waals surface area contributed by atoms with Gasteiger partial charge in [0.05, 0.1) is 12.6 Å². The largest absolute Gasteiger partial charge is 0.497 e. The van der Waals surface area contributed by atoms with Gasteiger partial charge in [0.2, 0.25) is 0 Å². The number of nitrogens with zero attached hydrogens (tertiary/aromatic N) is 2. The van der Waals surface area contributed by atoms with Crippen molar-refractivity contribution in [3.8, 4) is 28.4 Å². The summed E-state index contributed by atoms with van der Waals surface area (Å²) < 4.78 is 5.89. The zero-order valence-electron chi connectivity index (χ0n) is 13.7. The lowest BCUT2D eigenvalue weighted by Crippen LogP contribution is -2.08. The number of ether oxygens (including phenoxy) is 1. The van der Waals surface area contributed by atoms with Crippen LogP contribution in [0.25, 0.3) is 32.9 Å². The third kappa shape index (κ3) is 2.70. The maximum absolute atomic E-state index is 12.5. The Morgan fingerprint density at radius 1 is 1.16 bits per heavy atom. The third-order valence-electron chi connectivity index (χ3n) is 4.06. The molecule has 1 N–H and O–H groups in total. The third-order valence-corrected chi connectivity index (χ3v) is 5.03. The van der Waals surface area contributed by atoms with Gasteiger partial charge in [-0.1, -0.05) is 12.1 Å². The summed E-state index contributed by atoms with van der Waals surface area (Å²) >= 11 is 1.40. The summed E-state index contributed by atoms with van der Waals surface area (Å²) in [4.78, 5) is 24.3. The van der Waals surface area contributed by atoms with E-state index in [2.05, 4.69) is 15.0 Å². The van der Waals surface area contributed by atoms with Crippen LogP contribution in [-0.2, 0) is 0 Å². The number of hydrogen-bond acceptors (Lipinski definition) is 5. The molecule has 3 heterocycles. The molecule has 4 aromatic rings. The predicted molar refractivity (Wildman–Crippen MR) is 100 cm³/mol. The number of aromatic amines is 1. The molecule has 0 saturated heterocycles. The number of pyridine rings is 1. The molecular formula is C19H15N3O2S. The smallest absolute Gasteiger partial charge is 0.269 e. The van der Waals surface area contributed by atoms with E-state index in [1.54, 1.807) is 13.3 Å². The Bertz CT molecular complexity index is 1120. The fourth-order valence-electron chi connectivity index (χ4n) is 2.81. The number of H-pyrrole nitrogens is 1. The molecule has 0 bridgehead atoms. The van der Waals surface area contributed by atoms with E-state index >= 15 is 0 Å². The van der Waals surface area contributed by atoms with E-state index < -0.39 is 0 Å². The molecule has 25 heavy (non-hydrogen) atoms. The number of benzene rings is 1. The highest BCUT2D eigenvalue weighted by molar-refractivity contribution is 7.17. The second-order valence-electron chi connectivity index (χ2n) is 5.64. The van der Waals surface area contributed by atoms with E-state index in [9.17, 15) is 4.79 Å². The van der Waals surface area contributed by atoms with Crippen molar-refractivity contribution in [3.05, 3.63) is 63.9 Å². The average Bonchev–Trinajstić information content (AvgIpc) is 3.06. The minimum absolute atomic E-state index is 0.145. The van der Waals surface area contributed by atoms with Crippen molar-refractivity contribution in [1.29, 1.82) is 0 Å². The van der Waals surface area contributed by atoms with Gasteiger partial charge in [0, 0.05) is 17.1 Å². The van der Waals surface area contributed by atoms with Gasteiger partial charge >= 0.3 is 0 Å². The summed E-state index contributed by atoms with van der Waals surface area (Å²) in [5, 5.41) is 1.98. The van der Waals surface area contributed by atoms with Gasteiger partial charge in [0.25, 0.3) is 5.56 Å². The highest BCUT2D eigenvalue weighted by atomic mass is 32.1. The number of fused-ring (bicyclic) bond motifs is 1. The van der Waals surface area contributed by atoms with Gasteiger partial charge in [-0.05, 0) is 42.3 Å². The summed E-state index contributed by atoms with van der Waals surface area (Å²) in [6.45, 7) is 2.02. The second-order valence-corrected chi connectivity index (χ2v) is 6.52. The Morgan fingerprint density at radius 3 is 2.76 bits per heavy atom. The number of nitrogens with one attached hydrogen (secondary N) is 1. The van der Waals surface area contributed by atoms with E-state index in [1.807, 2.05) is 48.7 Å². The van der Waals surface area contributed by atoms with Gasteiger partial charge < -0.3 is 9.72 Å². The van der Waals surface area contributed by atoms with E-state index in [-0.39, 0.29) is 5.56 Å². The molecule has 1 aromatic carbocycles. The van der Waals surface area contributed by atoms with E-state index in [0.717, 1.165) is 22.4 Å². The number of rotatable bonds is 3. The van der Waals surface area contributed by atoms with E-state index in [0.29, 0.717) is 21.7 Å². The number of thiophene rings is 1. The van der Waals surface area contributed by atoms with Crippen LogP contribution in [0, 0.1) is 6.92 Å². The van der Waals surface area contributed by atoms with Gasteiger partial charge in [0.1, 0.15) is 16.1 Å². The molecule has 0 saturated carbocycles. The second kappa shape index (κ2) is 6.14. The van der Waals surface area contributed by atoms with Gasteiger partial charge in [-0.2, -0.15) is 0 Å². The fourth-order valence-corrected chi connectivity index (χ4v) is 3.71. The van der Waals surface area contributed by atoms with Crippen molar-refractivity contribution >= 4 is 21.6 Å². The number of aromatic nitrogens is 3. The Labute approximate surface area is 148 Å². The lowest BCUT2D eigenvalue weighted by atomic mass is 10.0. The first kappa shape index (κ1) is 15.5. The minimum atomic E-state index is -0.145. The molecular weight excluding hydrogens is 334 g/mol. The Kier molecular flexibility index (Phi) is 3.82. The summed E-state index contributed by atoms with van der Waals surface area (Å²) in [6.07, 6.45) is 1.68. The number of aryl methyl sites for hydroxylation is 1. The van der Waals surface area contributed by atoms with Crippen LogP contribution in [0.2, 0.25) is 0 Å². The molecule has 0 aliphatic carbocycles. The molecule has 3 aromatic heterocycles. The minimum Gasteiger partial charge on any atom is -0.497 e. The zero-order chi connectivity index (χ0) is 17.4. The first-order chi connectivity index (χ1) is 12.2. The van der Waals surface area contributed by atoms with Crippen LogP contribution in [0.5, 0.6) is 5.75 Å². The lowest BCUT2D eigenvalue weighted by molar-refractivity contribution is 0.414. The molecule has 6 heteroatoms. The van der Waals surface area contributed by atoms with Crippen molar-refractivity contribution in [3.63, 3.8) is 0 Å². The summed E-state index contributed by atoms with van der Waals surface area (Å²) in [6, 6.07) is 11.4. The first-order valence-electron chi connectivity index (χ1n) is 7.75. The first-order valence-corrected chi connectivity index (χ1v) is 8.63. The molecule has 4 rings (SSSR count). The van der Waals surface area contributed by atoms with Crippen molar-refractivity contribution in [2.45, 2.75) is 6.92 Å². The molecule has 0 radical (unpaired) electrons. The van der Waals surface area contributed by atoms with Crippen molar-refractivity contribution in [1.82, 2.24) is 15.0 Å². The summed E-state index contributed by atoms with van der Waals surface area (Å²) in [5.41, 5.74) is 4.25. The van der Waals surface area contributed by atoms with Crippen LogP contribution in [-0.4, -0.2) is 22.1 Å². The Hall–Kier alpha value is -2.99. The van der Waals surface area contributed by atoms with Gasteiger partial charge in [-0.15, -0.1) is 11.3 Å². The lowest BCUT2D eigenvalue weighted by Gasteiger charge is -2.07. The molecule has 0 aliphatic heterocycles. The van der Waals surface area contributed by atoms with Crippen molar-refractivity contribution in [2.24, 2.45) is 0 Å². The van der Waals surface area contributed by atoms with Crippen molar-refractivity contribution in [2.75, 3.05) is 7.11 Å². The van der Waals surface area contributed by atoms with Gasteiger partial charge in [0.15, 0.2) is 5.82 Å². The van der Waals surface area contributed by atoms with Crippen LogP contribution in [0.1, 0.15) is 5.56 Å². The predicted octanol–water partition coefficient (Wildman–Crippen LogP) is 4.03. The van der Waals surface area contributed by atoms with Crippen LogP contribution in [0.15, 0.2) is 52.8 Å². The SMILES string of the molecule is COc1ccc(-c2csc3c(=O)[nH]c(-c4ccccn4)nc23)c(C)c1. The molecule has 0 unspecified atom stereocenters. The summed E-state index contributed by atoms with van der Waals surface area (Å²) in [5.74, 6) is 1.28. The van der Waals surface area contributed by atoms with Crippen LogP contribution in [0.3, 0.4) is 0 Å². The standard InChI is InChI=1S/C19H15N3O2S/c1-11-9-12(24-2)6-7-13(11)14-10-25-17-16(14)21-18(22-19(17)23)15-5-3-4-8-20-15/h3-10H,1-2H3,(H,21,22,23). The van der Waals surface area contributed by atoms with E-state index in [4.69, 9.17) is 4.74 Å². The molecule has 5 nitrogen and oxygen atoms in total.